The fourth-order valence-electron chi connectivity index (χ4n) is 6.63. The lowest BCUT2D eigenvalue weighted by Crippen LogP contribution is -2.18. The summed E-state index contributed by atoms with van der Waals surface area (Å²) >= 11 is 1.88. The maximum atomic E-state index is 9.46. The van der Waals surface area contributed by atoms with Gasteiger partial charge in [-0.3, -0.25) is 0 Å². The Morgan fingerprint density at radius 3 is 1.64 bits per heavy atom. The van der Waals surface area contributed by atoms with E-state index in [1.807, 2.05) is 72.0 Å². The minimum atomic E-state index is 0.640. The van der Waals surface area contributed by atoms with Gasteiger partial charge in [0.2, 0.25) is 0 Å². The van der Waals surface area contributed by atoms with Gasteiger partial charge in [0.1, 0.15) is 0 Å². The first kappa shape index (κ1) is 28.3. The number of rotatable bonds is 6. The molecule has 0 fully saturated rings. The molecule has 5 heteroatoms. The Morgan fingerprint density at radius 2 is 1.04 bits per heavy atom. The lowest BCUT2D eigenvalue weighted by atomic mass is 9.95. The number of hydrogen-bond acceptors (Lipinski definition) is 5. The highest BCUT2D eigenvalue weighted by atomic mass is 32.1. The van der Waals surface area contributed by atoms with Gasteiger partial charge in [0.25, 0.3) is 0 Å². The Morgan fingerprint density at radius 1 is 0.532 bits per heavy atom. The predicted molar refractivity (Wildman–Crippen MR) is 195 cm³/mol. The smallest absolute Gasteiger partial charge is 0.0991 e. The number of allylic oxidation sites excluding steroid dienone is 1. The molecule has 0 saturated carbocycles. The van der Waals surface area contributed by atoms with Crippen LogP contribution in [0.15, 0.2) is 145 Å². The van der Waals surface area contributed by atoms with Gasteiger partial charge >= 0.3 is 0 Å². The first-order valence-electron chi connectivity index (χ1n) is 15.6. The first-order chi connectivity index (χ1) is 23.2. The van der Waals surface area contributed by atoms with Crippen LogP contribution in [0.3, 0.4) is 0 Å². The minimum Gasteiger partial charge on any atom is -0.314 e. The van der Waals surface area contributed by atoms with Crippen molar-refractivity contribution < 1.29 is 0 Å². The molecule has 0 N–H and O–H groups in total. The molecular weight excluding hydrogens is 593 g/mol. The quantitative estimate of drug-likeness (QED) is 0.186. The van der Waals surface area contributed by atoms with Crippen molar-refractivity contribution >= 4 is 66.7 Å². The molecule has 8 rings (SSSR count). The van der Waals surface area contributed by atoms with Crippen molar-refractivity contribution in [2.45, 2.75) is 12.8 Å². The van der Waals surface area contributed by atoms with Crippen LogP contribution in [-0.2, 0) is 6.42 Å². The summed E-state index contributed by atoms with van der Waals surface area (Å²) in [7, 11) is 0. The lowest BCUT2D eigenvalue weighted by Gasteiger charge is -2.30. The van der Waals surface area contributed by atoms with E-state index in [2.05, 4.69) is 107 Å². The summed E-state index contributed by atoms with van der Waals surface area (Å²) in [6.07, 6.45) is 4.23. The van der Waals surface area contributed by atoms with Gasteiger partial charge in [0.05, 0.1) is 29.0 Å². The van der Waals surface area contributed by atoms with Crippen LogP contribution in [0.5, 0.6) is 0 Å². The highest BCUT2D eigenvalue weighted by Crippen LogP contribution is 2.48. The molecule has 1 aromatic heterocycles. The Balaban J connectivity index is 1.33. The largest absolute Gasteiger partial charge is 0.314 e. The molecule has 0 amide bonds. The molecule has 0 unspecified atom stereocenters. The molecule has 1 aliphatic rings. The van der Waals surface area contributed by atoms with Gasteiger partial charge in [-0.05, 0) is 109 Å². The SMILES string of the molecule is N#Cc1ccc(N(C2=Cc3c(sc4cc(N(c5ccccc5)c5ccc(C#N)cc5)c5ccccc5c34)CC2)c2ccccc2)cc1. The third-order valence-corrected chi connectivity index (χ3v) is 9.99. The van der Waals surface area contributed by atoms with Crippen LogP contribution in [-0.4, -0.2) is 0 Å². The van der Waals surface area contributed by atoms with Crippen LogP contribution in [0.2, 0.25) is 0 Å². The van der Waals surface area contributed by atoms with Gasteiger partial charge in [-0.1, -0.05) is 60.7 Å². The monoisotopic (exact) mass is 620 g/mol. The summed E-state index contributed by atoms with van der Waals surface area (Å²) < 4.78 is 1.25. The van der Waals surface area contributed by atoms with Crippen LogP contribution in [0.1, 0.15) is 28.0 Å². The zero-order valence-corrected chi connectivity index (χ0v) is 26.3. The summed E-state index contributed by atoms with van der Waals surface area (Å²) in [5.74, 6) is 0. The topological polar surface area (TPSA) is 54.1 Å². The first-order valence-corrected chi connectivity index (χ1v) is 16.4. The summed E-state index contributed by atoms with van der Waals surface area (Å²) in [5.41, 5.74) is 9.11. The molecule has 0 radical (unpaired) electrons. The maximum Gasteiger partial charge on any atom is 0.0991 e. The summed E-state index contributed by atoms with van der Waals surface area (Å²) in [4.78, 5) is 6.01. The normalized spacial score (nSPS) is 12.2. The number of nitrogens with zero attached hydrogens (tertiary/aromatic N) is 4. The van der Waals surface area contributed by atoms with Gasteiger partial charge in [-0.15, -0.1) is 11.3 Å². The Hall–Kier alpha value is -6.14. The van der Waals surface area contributed by atoms with E-state index in [4.69, 9.17) is 0 Å². The molecule has 1 aliphatic carbocycles. The molecule has 7 aromatic rings. The standard InChI is InChI=1S/C42H28N4S/c43-27-29-15-19-33(20-16-29)45(31-9-3-1-4-10-31)35-23-24-40-38(25-35)42-37-14-8-7-13-36(37)39(26-41(42)47-40)46(32-11-5-2-6-12-32)34-21-17-30(28-44)18-22-34/h1-22,25-26H,23-24H2. The van der Waals surface area contributed by atoms with E-state index in [0.717, 1.165) is 41.3 Å². The maximum absolute atomic E-state index is 9.46. The number of anilines is 5. The molecule has 6 aromatic carbocycles. The van der Waals surface area contributed by atoms with Crippen LogP contribution >= 0.6 is 11.3 Å². The van der Waals surface area contributed by atoms with E-state index in [1.54, 1.807) is 0 Å². The molecule has 222 valence electrons. The fourth-order valence-corrected chi connectivity index (χ4v) is 7.86. The molecule has 0 aliphatic heterocycles. The average Bonchev–Trinajstić information content (AvgIpc) is 3.51. The van der Waals surface area contributed by atoms with Crippen molar-refractivity contribution in [3.63, 3.8) is 0 Å². The number of fused-ring (bicyclic) bond motifs is 5. The Kier molecular flexibility index (Phi) is 7.23. The van der Waals surface area contributed by atoms with E-state index < -0.39 is 0 Å². The van der Waals surface area contributed by atoms with E-state index in [-0.39, 0.29) is 0 Å². The van der Waals surface area contributed by atoms with Gasteiger partial charge in [0.15, 0.2) is 0 Å². The summed E-state index contributed by atoms with van der Waals surface area (Å²) in [6, 6.07) is 52.1. The molecule has 0 bridgehead atoms. The predicted octanol–water partition coefficient (Wildman–Crippen LogP) is 11.4. The number of para-hydroxylation sites is 2. The Bertz CT molecular complexity index is 2360. The molecular formula is C42H28N4S. The van der Waals surface area contributed by atoms with Crippen molar-refractivity contribution in [2.24, 2.45) is 0 Å². The van der Waals surface area contributed by atoms with Gasteiger partial charge < -0.3 is 9.80 Å². The molecule has 0 atom stereocenters. The third kappa shape index (κ3) is 5.10. The van der Waals surface area contributed by atoms with Gasteiger partial charge in [0, 0.05) is 48.8 Å². The number of hydrogen-bond donors (Lipinski definition) is 0. The average molecular weight is 621 g/mol. The highest BCUT2D eigenvalue weighted by Gasteiger charge is 2.25. The van der Waals surface area contributed by atoms with E-state index in [0.29, 0.717) is 11.1 Å². The third-order valence-electron chi connectivity index (χ3n) is 8.77. The molecule has 4 nitrogen and oxygen atoms in total. The second-order valence-electron chi connectivity index (χ2n) is 11.5. The van der Waals surface area contributed by atoms with E-state index >= 15 is 0 Å². The molecule has 47 heavy (non-hydrogen) atoms. The second-order valence-corrected chi connectivity index (χ2v) is 12.7. The van der Waals surface area contributed by atoms with Crippen LogP contribution in [0.25, 0.3) is 26.9 Å². The van der Waals surface area contributed by atoms with Gasteiger partial charge in [-0.25, -0.2) is 0 Å². The van der Waals surface area contributed by atoms with Crippen molar-refractivity contribution in [2.75, 3.05) is 9.80 Å². The molecule has 0 spiro atoms. The van der Waals surface area contributed by atoms with Crippen molar-refractivity contribution in [3.05, 3.63) is 167 Å². The van der Waals surface area contributed by atoms with Crippen LogP contribution < -0.4 is 9.80 Å². The lowest BCUT2D eigenvalue weighted by molar-refractivity contribution is 0.911. The highest BCUT2D eigenvalue weighted by molar-refractivity contribution is 7.19. The number of thiophene rings is 1. The number of aryl methyl sites for hydroxylation is 1. The molecule has 0 saturated heterocycles. The zero-order valence-electron chi connectivity index (χ0n) is 25.5. The Labute approximate surface area is 277 Å². The van der Waals surface area contributed by atoms with Crippen molar-refractivity contribution in [3.8, 4) is 12.1 Å². The second kappa shape index (κ2) is 12.0. The number of nitriles is 2. The van der Waals surface area contributed by atoms with Crippen LogP contribution in [0, 0.1) is 22.7 Å². The van der Waals surface area contributed by atoms with E-state index in [1.165, 1.54) is 37.0 Å². The van der Waals surface area contributed by atoms with Gasteiger partial charge in [-0.2, -0.15) is 10.5 Å². The van der Waals surface area contributed by atoms with Crippen molar-refractivity contribution in [1.82, 2.24) is 0 Å². The number of benzene rings is 6. The fraction of sp³-hybridized carbons (Fsp3) is 0.0476. The summed E-state index contributed by atoms with van der Waals surface area (Å²) in [5, 5.41) is 22.5. The van der Waals surface area contributed by atoms with E-state index in [9.17, 15) is 10.5 Å². The van der Waals surface area contributed by atoms with Crippen molar-refractivity contribution in [1.29, 1.82) is 10.5 Å². The zero-order chi connectivity index (χ0) is 31.7. The molecule has 1 heterocycles. The summed E-state index contributed by atoms with van der Waals surface area (Å²) in [6.45, 7) is 0. The minimum absolute atomic E-state index is 0.640. The van der Waals surface area contributed by atoms with Crippen LogP contribution in [0.4, 0.5) is 28.4 Å².